The molecule has 1 aromatic rings. The van der Waals surface area contributed by atoms with Gasteiger partial charge < -0.3 is 5.32 Å². The molecule has 0 amide bonds. The summed E-state index contributed by atoms with van der Waals surface area (Å²) in [5.41, 5.74) is 0. The standard InChI is InChI=1S/C12H20N2O2S2/c1-9-6-10(2)14(8-9)18(15,16)12-4-5-17-11(12)7-13-3/h4-5,9-10,13H,6-8H2,1-3H3. The fourth-order valence-electron chi connectivity index (χ4n) is 2.57. The predicted octanol–water partition coefficient (Wildman–Crippen LogP) is 1.89. The number of nitrogens with zero attached hydrogens (tertiary/aromatic N) is 1. The van der Waals surface area contributed by atoms with Crippen LogP contribution in [0.25, 0.3) is 0 Å². The maximum atomic E-state index is 12.7. The van der Waals surface area contributed by atoms with Crippen LogP contribution < -0.4 is 5.32 Å². The minimum atomic E-state index is -3.33. The Morgan fingerprint density at radius 3 is 2.78 bits per heavy atom. The number of hydrogen-bond acceptors (Lipinski definition) is 4. The van der Waals surface area contributed by atoms with Gasteiger partial charge in [-0.15, -0.1) is 11.3 Å². The minimum absolute atomic E-state index is 0.104. The second-order valence-electron chi connectivity index (χ2n) is 5.00. The van der Waals surface area contributed by atoms with Crippen molar-refractivity contribution in [3.8, 4) is 0 Å². The van der Waals surface area contributed by atoms with Gasteiger partial charge in [-0.25, -0.2) is 8.42 Å². The van der Waals surface area contributed by atoms with E-state index in [1.165, 1.54) is 11.3 Å². The van der Waals surface area contributed by atoms with Gasteiger partial charge in [-0.3, -0.25) is 0 Å². The number of sulfonamides is 1. The highest BCUT2D eigenvalue weighted by atomic mass is 32.2. The Morgan fingerprint density at radius 2 is 2.22 bits per heavy atom. The highest BCUT2D eigenvalue weighted by Gasteiger charge is 2.37. The molecule has 18 heavy (non-hydrogen) atoms. The molecule has 1 aromatic heterocycles. The van der Waals surface area contributed by atoms with Gasteiger partial charge in [-0.2, -0.15) is 4.31 Å². The van der Waals surface area contributed by atoms with E-state index in [1.807, 2.05) is 19.4 Å². The maximum Gasteiger partial charge on any atom is 0.244 e. The third-order valence-electron chi connectivity index (χ3n) is 3.36. The van der Waals surface area contributed by atoms with Crippen LogP contribution in [0.3, 0.4) is 0 Å². The molecule has 0 aliphatic carbocycles. The SMILES string of the molecule is CNCc1sccc1S(=O)(=O)N1CC(C)CC1C. The summed E-state index contributed by atoms with van der Waals surface area (Å²) < 4.78 is 27.0. The molecule has 1 N–H and O–H groups in total. The largest absolute Gasteiger partial charge is 0.315 e. The molecule has 0 spiro atoms. The van der Waals surface area contributed by atoms with Gasteiger partial charge in [0.2, 0.25) is 10.0 Å². The lowest BCUT2D eigenvalue weighted by Gasteiger charge is -2.21. The number of hydrogen-bond donors (Lipinski definition) is 1. The zero-order valence-electron chi connectivity index (χ0n) is 11.0. The molecule has 0 bridgehead atoms. The molecule has 6 heteroatoms. The fourth-order valence-corrected chi connectivity index (χ4v) is 5.76. The summed E-state index contributed by atoms with van der Waals surface area (Å²) in [6.07, 6.45) is 0.949. The topological polar surface area (TPSA) is 49.4 Å². The van der Waals surface area contributed by atoms with Crippen LogP contribution in [-0.4, -0.2) is 32.4 Å². The van der Waals surface area contributed by atoms with Gasteiger partial charge >= 0.3 is 0 Å². The van der Waals surface area contributed by atoms with Crippen molar-refractivity contribution < 1.29 is 8.42 Å². The van der Waals surface area contributed by atoms with Crippen LogP contribution >= 0.6 is 11.3 Å². The summed E-state index contributed by atoms with van der Waals surface area (Å²) in [5, 5.41) is 4.87. The zero-order chi connectivity index (χ0) is 13.3. The lowest BCUT2D eigenvalue weighted by molar-refractivity contribution is 0.405. The van der Waals surface area contributed by atoms with Crippen molar-refractivity contribution in [1.82, 2.24) is 9.62 Å². The van der Waals surface area contributed by atoms with Crippen molar-refractivity contribution in [2.24, 2.45) is 5.92 Å². The first kappa shape index (κ1) is 14.0. The molecule has 0 aromatic carbocycles. The summed E-state index contributed by atoms with van der Waals surface area (Å²) in [6, 6.07) is 1.83. The number of thiophene rings is 1. The van der Waals surface area contributed by atoms with E-state index < -0.39 is 10.0 Å². The smallest absolute Gasteiger partial charge is 0.244 e. The van der Waals surface area contributed by atoms with Crippen molar-refractivity contribution in [3.63, 3.8) is 0 Å². The van der Waals surface area contributed by atoms with E-state index in [-0.39, 0.29) is 6.04 Å². The van der Waals surface area contributed by atoms with Crippen LogP contribution in [0.2, 0.25) is 0 Å². The van der Waals surface area contributed by atoms with Crippen LogP contribution in [0.1, 0.15) is 25.1 Å². The molecule has 2 unspecified atom stereocenters. The van der Waals surface area contributed by atoms with Gasteiger partial charge in [0.1, 0.15) is 0 Å². The van der Waals surface area contributed by atoms with E-state index in [0.717, 1.165) is 11.3 Å². The van der Waals surface area contributed by atoms with Gasteiger partial charge in [0, 0.05) is 24.0 Å². The zero-order valence-corrected chi connectivity index (χ0v) is 12.6. The van der Waals surface area contributed by atoms with Crippen LogP contribution in [0.4, 0.5) is 0 Å². The first-order valence-corrected chi connectivity index (χ1v) is 8.51. The van der Waals surface area contributed by atoms with E-state index >= 15 is 0 Å². The van der Waals surface area contributed by atoms with Crippen molar-refractivity contribution in [1.29, 1.82) is 0 Å². The number of nitrogens with one attached hydrogen (secondary N) is 1. The molecule has 0 radical (unpaired) electrons. The summed E-state index contributed by atoms with van der Waals surface area (Å²) in [6.45, 7) is 5.33. The minimum Gasteiger partial charge on any atom is -0.315 e. The summed E-state index contributed by atoms with van der Waals surface area (Å²) in [4.78, 5) is 1.37. The second-order valence-corrected chi connectivity index (χ2v) is 7.86. The van der Waals surface area contributed by atoms with Crippen LogP contribution in [0.15, 0.2) is 16.3 Å². The van der Waals surface area contributed by atoms with Crippen LogP contribution in [0.5, 0.6) is 0 Å². The Kier molecular flexibility index (Phi) is 4.11. The van der Waals surface area contributed by atoms with Gasteiger partial charge in [0.15, 0.2) is 0 Å². The Labute approximate surface area is 113 Å². The average molecular weight is 288 g/mol. The Hall–Kier alpha value is -0.430. The van der Waals surface area contributed by atoms with E-state index in [2.05, 4.69) is 12.2 Å². The molecule has 0 saturated carbocycles. The van der Waals surface area contributed by atoms with Crippen LogP contribution in [-0.2, 0) is 16.6 Å². The van der Waals surface area contributed by atoms with Crippen molar-refractivity contribution >= 4 is 21.4 Å². The summed E-state index contributed by atoms with van der Waals surface area (Å²) >= 11 is 1.49. The van der Waals surface area contributed by atoms with Crippen LogP contribution in [0, 0.1) is 5.92 Å². The lowest BCUT2D eigenvalue weighted by Crippen LogP contribution is -2.34. The first-order valence-electron chi connectivity index (χ1n) is 6.19. The molecule has 2 heterocycles. The molecule has 1 aliphatic rings. The molecule has 1 aliphatic heterocycles. The number of rotatable bonds is 4. The Balaban J connectivity index is 2.33. The van der Waals surface area contributed by atoms with E-state index in [0.29, 0.717) is 23.9 Å². The molecule has 1 saturated heterocycles. The average Bonchev–Trinajstić information content (AvgIpc) is 2.86. The fraction of sp³-hybridized carbons (Fsp3) is 0.667. The lowest BCUT2D eigenvalue weighted by atomic mass is 10.1. The van der Waals surface area contributed by atoms with E-state index in [4.69, 9.17) is 0 Å². The highest BCUT2D eigenvalue weighted by molar-refractivity contribution is 7.89. The second kappa shape index (κ2) is 5.28. The monoisotopic (exact) mass is 288 g/mol. The summed E-state index contributed by atoms with van der Waals surface area (Å²) in [5.74, 6) is 0.446. The van der Waals surface area contributed by atoms with E-state index in [9.17, 15) is 8.42 Å². The van der Waals surface area contributed by atoms with Crippen molar-refractivity contribution in [2.45, 2.75) is 37.8 Å². The Bertz CT molecular complexity index is 510. The summed E-state index contributed by atoms with van der Waals surface area (Å²) in [7, 11) is -1.50. The maximum absolute atomic E-state index is 12.7. The molecule has 2 atom stereocenters. The van der Waals surface area contributed by atoms with Gasteiger partial charge in [0.25, 0.3) is 0 Å². The molecule has 1 fully saturated rings. The molecule has 4 nitrogen and oxygen atoms in total. The quantitative estimate of drug-likeness (QED) is 0.920. The van der Waals surface area contributed by atoms with Gasteiger partial charge in [-0.05, 0) is 37.8 Å². The molecular formula is C12H20N2O2S2. The molecule has 2 rings (SSSR count). The van der Waals surface area contributed by atoms with Gasteiger partial charge in [0.05, 0.1) is 4.90 Å². The molecule has 102 valence electrons. The Morgan fingerprint density at radius 1 is 1.50 bits per heavy atom. The van der Waals surface area contributed by atoms with E-state index in [1.54, 1.807) is 10.4 Å². The highest BCUT2D eigenvalue weighted by Crippen LogP contribution is 2.32. The van der Waals surface area contributed by atoms with Crippen molar-refractivity contribution in [3.05, 3.63) is 16.3 Å². The first-order chi connectivity index (χ1) is 8.46. The third-order valence-corrected chi connectivity index (χ3v) is 6.47. The molecular weight excluding hydrogens is 268 g/mol. The van der Waals surface area contributed by atoms with Crippen molar-refractivity contribution in [2.75, 3.05) is 13.6 Å². The normalized spacial score (nSPS) is 25.7. The third kappa shape index (κ3) is 2.47. The predicted molar refractivity (Wildman–Crippen MR) is 74.2 cm³/mol. The van der Waals surface area contributed by atoms with Gasteiger partial charge in [-0.1, -0.05) is 6.92 Å².